The molecule has 0 bridgehead atoms. The van der Waals surface area contributed by atoms with Crippen LogP contribution in [-0.2, 0) is 4.79 Å². The van der Waals surface area contributed by atoms with E-state index in [0.29, 0.717) is 34.8 Å². The second-order valence-electron chi connectivity index (χ2n) is 7.81. The van der Waals surface area contributed by atoms with Crippen LogP contribution in [0.25, 0.3) is 0 Å². The third-order valence-corrected chi connectivity index (χ3v) is 6.36. The molecule has 0 saturated carbocycles. The van der Waals surface area contributed by atoms with Gasteiger partial charge in [0.1, 0.15) is 0 Å². The number of benzene rings is 2. The Morgan fingerprint density at radius 1 is 1.12 bits per heavy atom. The molecule has 2 aliphatic heterocycles. The summed E-state index contributed by atoms with van der Waals surface area (Å²) < 4.78 is 0. The Kier molecular flexibility index (Phi) is 6.43. The highest BCUT2D eigenvalue weighted by molar-refractivity contribution is 7.80. The maximum atomic E-state index is 13.3. The zero-order valence-corrected chi connectivity index (χ0v) is 19.6. The molecule has 32 heavy (non-hydrogen) atoms. The molecule has 1 amide bonds. The molecule has 9 heteroatoms. The molecule has 0 spiro atoms. The van der Waals surface area contributed by atoms with Crippen molar-refractivity contribution in [3.63, 3.8) is 0 Å². The first kappa shape index (κ1) is 22.2. The van der Waals surface area contributed by atoms with Gasteiger partial charge in [-0.15, -0.1) is 0 Å². The Balaban J connectivity index is 1.65. The van der Waals surface area contributed by atoms with Crippen LogP contribution in [0.2, 0.25) is 5.02 Å². The lowest BCUT2D eigenvalue weighted by Crippen LogP contribution is -2.56. The lowest BCUT2D eigenvalue weighted by atomic mass is 10.0. The molecule has 2 aromatic carbocycles. The molecule has 1 saturated heterocycles. The van der Waals surface area contributed by atoms with Crippen molar-refractivity contribution >= 4 is 52.1 Å². The summed E-state index contributed by atoms with van der Waals surface area (Å²) in [5.41, 5.74) is 3.12. The average molecular weight is 469 g/mol. The van der Waals surface area contributed by atoms with E-state index in [1.165, 1.54) is 0 Å². The number of nitrogens with zero attached hydrogens (tertiary/aromatic N) is 4. The van der Waals surface area contributed by atoms with Gasteiger partial charge in [0.25, 0.3) is 5.91 Å². The SMILES string of the molecule is CC(=N)N1CCN(C(=S)NC2N=C(c3ccccc3)c3cc(Cl)ccc3N(C)C2=O)CC1. The molecule has 166 valence electrons. The first-order valence-electron chi connectivity index (χ1n) is 10.4. The smallest absolute Gasteiger partial charge is 0.272 e. The van der Waals surface area contributed by atoms with Crippen molar-refractivity contribution in [3.8, 4) is 0 Å². The fourth-order valence-corrected chi connectivity index (χ4v) is 4.39. The van der Waals surface area contributed by atoms with E-state index >= 15 is 0 Å². The quantitative estimate of drug-likeness (QED) is 0.402. The maximum Gasteiger partial charge on any atom is 0.272 e. The summed E-state index contributed by atoms with van der Waals surface area (Å²) in [5.74, 6) is 0.355. The molecule has 2 heterocycles. The number of hydrogen-bond acceptors (Lipinski definition) is 4. The first-order chi connectivity index (χ1) is 15.3. The number of piperazine rings is 1. The Morgan fingerprint density at radius 2 is 1.78 bits per heavy atom. The summed E-state index contributed by atoms with van der Waals surface area (Å²) in [5, 5.41) is 12.0. The van der Waals surface area contributed by atoms with E-state index < -0.39 is 6.17 Å². The predicted molar refractivity (Wildman–Crippen MR) is 133 cm³/mol. The van der Waals surface area contributed by atoms with Gasteiger partial charge in [-0.3, -0.25) is 10.2 Å². The zero-order valence-electron chi connectivity index (χ0n) is 18.0. The van der Waals surface area contributed by atoms with Crippen LogP contribution in [0, 0.1) is 5.41 Å². The monoisotopic (exact) mass is 468 g/mol. The van der Waals surface area contributed by atoms with E-state index in [1.54, 1.807) is 24.9 Å². The van der Waals surface area contributed by atoms with Crippen LogP contribution in [0.4, 0.5) is 5.69 Å². The predicted octanol–water partition coefficient (Wildman–Crippen LogP) is 2.97. The molecule has 0 radical (unpaired) electrons. The number of aliphatic imine (C=N–C) groups is 1. The van der Waals surface area contributed by atoms with Crippen LogP contribution in [0.15, 0.2) is 53.5 Å². The van der Waals surface area contributed by atoms with Crippen molar-refractivity contribution in [2.45, 2.75) is 13.1 Å². The van der Waals surface area contributed by atoms with Crippen LogP contribution >= 0.6 is 23.8 Å². The number of carbonyl (C=O) groups excluding carboxylic acids is 1. The minimum Gasteiger partial charge on any atom is -0.357 e. The highest BCUT2D eigenvalue weighted by atomic mass is 35.5. The molecular formula is C23H25ClN6OS. The molecule has 0 aliphatic carbocycles. The van der Waals surface area contributed by atoms with Crippen molar-refractivity contribution in [1.29, 1.82) is 5.41 Å². The first-order valence-corrected chi connectivity index (χ1v) is 11.2. The Hall–Kier alpha value is -2.97. The molecule has 0 aromatic heterocycles. The van der Waals surface area contributed by atoms with E-state index in [1.807, 2.05) is 52.3 Å². The van der Waals surface area contributed by atoms with Gasteiger partial charge in [0.15, 0.2) is 5.11 Å². The van der Waals surface area contributed by atoms with Crippen LogP contribution < -0.4 is 10.2 Å². The molecule has 1 atom stereocenters. The molecule has 1 unspecified atom stereocenters. The number of anilines is 1. The molecule has 2 N–H and O–H groups in total. The third-order valence-electron chi connectivity index (χ3n) is 5.75. The topological polar surface area (TPSA) is 75.0 Å². The number of nitrogens with one attached hydrogen (secondary N) is 2. The number of hydrogen-bond donors (Lipinski definition) is 2. The number of halogens is 1. The Bertz CT molecular complexity index is 1080. The van der Waals surface area contributed by atoms with E-state index in [2.05, 4.69) is 5.32 Å². The average Bonchev–Trinajstić information content (AvgIpc) is 2.90. The second-order valence-corrected chi connectivity index (χ2v) is 8.64. The number of thiocarbonyl (C=S) groups is 1. The highest BCUT2D eigenvalue weighted by Crippen LogP contribution is 2.29. The van der Waals surface area contributed by atoms with Crippen molar-refractivity contribution in [3.05, 3.63) is 64.7 Å². The third kappa shape index (κ3) is 4.47. The number of amidine groups is 1. The molecule has 2 aliphatic rings. The largest absolute Gasteiger partial charge is 0.357 e. The summed E-state index contributed by atoms with van der Waals surface area (Å²) >= 11 is 11.9. The van der Waals surface area contributed by atoms with Gasteiger partial charge in [-0.2, -0.15) is 0 Å². The van der Waals surface area contributed by atoms with Crippen molar-refractivity contribution in [2.24, 2.45) is 4.99 Å². The van der Waals surface area contributed by atoms with Gasteiger partial charge in [-0.25, -0.2) is 4.99 Å². The summed E-state index contributed by atoms with van der Waals surface area (Å²) in [7, 11) is 1.74. The summed E-state index contributed by atoms with van der Waals surface area (Å²) in [6.45, 7) is 4.60. The normalized spacial score (nSPS) is 18.6. The van der Waals surface area contributed by atoms with Crippen LogP contribution in [0.3, 0.4) is 0 Å². The van der Waals surface area contributed by atoms with Crippen LogP contribution in [0.1, 0.15) is 18.1 Å². The number of likely N-dealkylation sites (N-methyl/N-ethyl adjacent to an activating group) is 1. The van der Waals surface area contributed by atoms with E-state index in [4.69, 9.17) is 34.2 Å². The minimum absolute atomic E-state index is 0.198. The highest BCUT2D eigenvalue weighted by Gasteiger charge is 2.32. The maximum absolute atomic E-state index is 13.3. The number of benzodiazepines with no additional fused rings is 1. The van der Waals surface area contributed by atoms with Crippen LogP contribution in [-0.4, -0.2) is 71.8 Å². The standard InChI is InChI=1S/C23H25ClN6OS/c1-15(25)29-10-12-30(13-11-29)23(32)27-21-22(31)28(2)19-9-8-17(24)14-18(19)20(26-21)16-6-4-3-5-7-16/h3-9,14,21,25H,10-13H2,1-2H3,(H,27,32). The molecule has 4 rings (SSSR count). The summed E-state index contributed by atoms with van der Waals surface area (Å²) in [4.78, 5) is 23.8. The van der Waals surface area contributed by atoms with Gasteiger partial charge < -0.3 is 20.0 Å². The van der Waals surface area contributed by atoms with Gasteiger partial charge in [0.2, 0.25) is 6.17 Å². The molecule has 1 fully saturated rings. The second kappa shape index (κ2) is 9.26. The fourth-order valence-electron chi connectivity index (χ4n) is 3.92. The van der Waals surface area contributed by atoms with Gasteiger partial charge >= 0.3 is 0 Å². The van der Waals surface area contributed by atoms with E-state index in [0.717, 1.165) is 29.9 Å². The lowest BCUT2D eigenvalue weighted by Gasteiger charge is -2.37. The van der Waals surface area contributed by atoms with E-state index in [-0.39, 0.29) is 5.91 Å². The van der Waals surface area contributed by atoms with Gasteiger partial charge in [-0.05, 0) is 37.3 Å². The number of fused-ring (bicyclic) bond motifs is 1. The molecular weight excluding hydrogens is 444 g/mol. The number of rotatable bonds is 2. The lowest BCUT2D eigenvalue weighted by molar-refractivity contribution is -0.119. The van der Waals surface area contributed by atoms with Crippen molar-refractivity contribution in [2.75, 3.05) is 38.1 Å². The molecule has 7 nitrogen and oxygen atoms in total. The van der Waals surface area contributed by atoms with Crippen LogP contribution in [0.5, 0.6) is 0 Å². The van der Waals surface area contributed by atoms with Gasteiger partial charge in [-0.1, -0.05) is 41.9 Å². The van der Waals surface area contributed by atoms with Gasteiger partial charge in [0.05, 0.1) is 17.2 Å². The summed E-state index contributed by atoms with van der Waals surface area (Å²) in [6, 6.07) is 15.2. The van der Waals surface area contributed by atoms with Gasteiger partial charge in [0, 0.05) is 49.4 Å². The number of amides is 1. The fraction of sp³-hybridized carbons (Fsp3) is 0.304. The number of carbonyl (C=O) groups is 1. The Morgan fingerprint density at radius 3 is 2.44 bits per heavy atom. The Labute approximate surface area is 198 Å². The zero-order chi connectivity index (χ0) is 22.8. The van der Waals surface area contributed by atoms with Crippen molar-refractivity contribution < 1.29 is 4.79 Å². The molecule has 2 aromatic rings. The minimum atomic E-state index is -0.864. The summed E-state index contributed by atoms with van der Waals surface area (Å²) in [6.07, 6.45) is -0.864. The van der Waals surface area contributed by atoms with Crippen molar-refractivity contribution in [1.82, 2.24) is 15.1 Å². The van der Waals surface area contributed by atoms with E-state index in [9.17, 15) is 4.79 Å².